The van der Waals surface area contributed by atoms with Gasteiger partial charge in [0, 0.05) is 58.2 Å². The van der Waals surface area contributed by atoms with Crippen LogP contribution in [0.2, 0.25) is 0 Å². The number of aromatic nitrogens is 2. The van der Waals surface area contributed by atoms with Crippen LogP contribution < -0.4 is 10.1 Å². The van der Waals surface area contributed by atoms with Crippen LogP contribution in [0.1, 0.15) is 40.2 Å². The van der Waals surface area contributed by atoms with Crippen LogP contribution in [-0.4, -0.2) is 79.6 Å². The molecule has 0 unspecified atom stereocenters. The monoisotopic (exact) mass is 580 g/mol. The third-order valence-electron chi connectivity index (χ3n) is 7.04. The van der Waals surface area contributed by atoms with Gasteiger partial charge in [-0.3, -0.25) is 9.59 Å². The Hall–Kier alpha value is -3.71. The number of carbonyl (C=O) groups is 2. The van der Waals surface area contributed by atoms with Crippen LogP contribution in [0.25, 0.3) is 10.9 Å². The summed E-state index contributed by atoms with van der Waals surface area (Å²) in [5.74, 6) is -2.55. The molecule has 0 spiro atoms. The summed E-state index contributed by atoms with van der Waals surface area (Å²) in [5, 5.41) is 2.50. The second-order valence-electron chi connectivity index (χ2n) is 9.69. The van der Waals surface area contributed by atoms with Gasteiger partial charge in [-0.25, -0.2) is 9.37 Å². The minimum absolute atomic E-state index is 0.178. The van der Waals surface area contributed by atoms with Crippen molar-refractivity contribution >= 4 is 22.7 Å². The van der Waals surface area contributed by atoms with Crippen molar-refractivity contribution in [2.45, 2.75) is 38.0 Å². The number of nitrogens with one attached hydrogen (secondary N) is 1. The third kappa shape index (κ3) is 7.14. The standard InChI is InChI=1S/C28H32F4N4O5/c1-39-12-11-36-17-22(20-5-8-33-25(24(20)36)41-14-13-40-2)26(37)35-9-6-19(7-10-35)21-15-18(3-4-23(21)29)16-34-27(38)28(30,31)32/h3-5,8,15,17,19H,6-7,9-14,16H2,1-2H3,(H,34,38). The molecule has 1 saturated heterocycles. The fraction of sp³-hybridized carbons (Fsp3) is 0.464. The van der Waals surface area contributed by atoms with Crippen LogP contribution in [0.4, 0.5) is 17.6 Å². The van der Waals surface area contributed by atoms with Crippen molar-refractivity contribution in [3.8, 4) is 5.88 Å². The largest absolute Gasteiger partial charge is 0.474 e. The molecule has 3 heterocycles. The predicted molar refractivity (Wildman–Crippen MR) is 141 cm³/mol. The van der Waals surface area contributed by atoms with E-state index in [-0.39, 0.29) is 18.4 Å². The number of fused-ring (bicyclic) bond motifs is 1. The minimum atomic E-state index is -4.99. The Kier molecular flexibility index (Phi) is 9.81. The highest BCUT2D eigenvalue weighted by Gasteiger charge is 2.38. The minimum Gasteiger partial charge on any atom is -0.474 e. The number of methoxy groups -OCH3 is 2. The first kappa shape index (κ1) is 30.3. The van der Waals surface area contributed by atoms with Crippen molar-refractivity contribution in [2.75, 3.05) is 47.1 Å². The van der Waals surface area contributed by atoms with Gasteiger partial charge in [-0.05, 0) is 42.0 Å². The Bertz CT molecular complexity index is 1370. The fourth-order valence-electron chi connectivity index (χ4n) is 4.95. The van der Waals surface area contributed by atoms with Gasteiger partial charge in [0.2, 0.25) is 5.88 Å². The first-order valence-electron chi connectivity index (χ1n) is 13.1. The number of alkyl halides is 3. The lowest BCUT2D eigenvalue weighted by molar-refractivity contribution is -0.173. The molecule has 222 valence electrons. The van der Waals surface area contributed by atoms with E-state index < -0.39 is 17.9 Å². The lowest BCUT2D eigenvalue weighted by Crippen LogP contribution is -2.38. The zero-order valence-corrected chi connectivity index (χ0v) is 22.8. The quantitative estimate of drug-likeness (QED) is 0.272. The molecule has 9 nitrogen and oxygen atoms in total. The van der Waals surface area contributed by atoms with Crippen molar-refractivity contribution in [3.63, 3.8) is 0 Å². The predicted octanol–water partition coefficient (Wildman–Crippen LogP) is 4.05. The number of rotatable bonds is 11. The molecule has 1 aromatic carbocycles. The van der Waals surface area contributed by atoms with Crippen LogP contribution in [0.5, 0.6) is 5.88 Å². The van der Waals surface area contributed by atoms with Gasteiger partial charge in [-0.1, -0.05) is 12.1 Å². The second kappa shape index (κ2) is 13.3. The number of likely N-dealkylation sites (tertiary alicyclic amines) is 1. The molecule has 3 aromatic rings. The third-order valence-corrected chi connectivity index (χ3v) is 7.04. The summed E-state index contributed by atoms with van der Waals surface area (Å²) < 4.78 is 70.2. The lowest BCUT2D eigenvalue weighted by atomic mass is 9.88. The van der Waals surface area contributed by atoms with Gasteiger partial charge >= 0.3 is 12.1 Å². The topological polar surface area (TPSA) is 94.9 Å². The van der Waals surface area contributed by atoms with E-state index in [2.05, 4.69) is 4.98 Å². The molecule has 4 rings (SSSR count). The Balaban J connectivity index is 1.48. The number of benzene rings is 1. The van der Waals surface area contributed by atoms with Gasteiger partial charge in [0.1, 0.15) is 17.9 Å². The number of nitrogens with zero attached hydrogens (tertiary/aromatic N) is 3. The summed E-state index contributed by atoms with van der Waals surface area (Å²) in [6.45, 7) is 1.93. The molecule has 13 heteroatoms. The number of hydrogen-bond donors (Lipinski definition) is 1. The molecule has 0 atom stereocenters. The maximum Gasteiger partial charge on any atom is 0.471 e. The van der Waals surface area contributed by atoms with E-state index >= 15 is 0 Å². The molecule has 41 heavy (non-hydrogen) atoms. The number of pyridine rings is 1. The smallest absolute Gasteiger partial charge is 0.471 e. The Labute approximate surface area is 234 Å². The average molecular weight is 581 g/mol. The van der Waals surface area contributed by atoms with Crippen LogP contribution in [0.3, 0.4) is 0 Å². The second-order valence-corrected chi connectivity index (χ2v) is 9.69. The summed E-state index contributed by atoms with van der Waals surface area (Å²) in [4.78, 5) is 30.9. The highest BCUT2D eigenvalue weighted by molar-refractivity contribution is 6.08. The van der Waals surface area contributed by atoms with Gasteiger partial charge < -0.3 is 29.0 Å². The maximum absolute atomic E-state index is 14.7. The van der Waals surface area contributed by atoms with Gasteiger partial charge in [-0.15, -0.1) is 0 Å². The number of halogens is 4. The molecule has 0 aliphatic carbocycles. The number of ether oxygens (including phenoxy) is 3. The number of piperidine rings is 1. The van der Waals surface area contributed by atoms with E-state index in [1.54, 1.807) is 37.6 Å². The highest BCUT2D eigenvalue weighted by atomic mass is 19.4. The Morgan fingerprint density at radius 2 is 1.80 bits per heavy atom. The first-order valence-corrected chi connectivity index (χ1v) is 13.1. The van der Waals surface area contributed by atoms with Crippen LogP contribution in [0.15, 0.2) is 36.7 Å². The zero-order chi connectivity index (χ0) is 29.6. The van der Waals surface area contributed by atoms with Crippen molar-refractivity contribution in [1.82, 2.24) is 19.8 Å². The SMILES string of the molecule is COCCOc1nccc2c(C(=O)N3CCC(c4cc(CNC(=O)C(F)(F)F)ccc4F)CC3)cn(CCOC)c12. The normalized spacial score (nSPS) is 14.4. The lowest BCUT2D eigenvalue weighted by Gasteiger charge is -2.32. The summed E-state index contributed by atoms with van der Waals surface area (Å²) in [6, 6.07) is 5.78. The van der Waals surface area contributed by atoms with Gasteiger partial charge in [0.05, 0.1) is 18.8 Å². The molecule has 0 bridgehead atoms. The van der Waals surface area contributed by atoms with Gasteiger partial charge in [-0.2, -0.15) is 13.2 Å². The maximum atomic E-state index is 14.7. The number of carbonyl (C=O) groups excluding carboxylic acids is 2. The summed E-state index contributed by atoms with van der Waals surface area (Å²) in [7, 11) is 3.16. The van der Waals surface area contributed by atoms with Crippen molar-refractivity contribution in [2.24, 2.45) is 0 Å². The Morgan fingerprint density at radius 3 is 2.49 bits per heavy atom. The van der Waals surface area contributed by atoms with Gasteiger partial charge in [0.25, 0.3) is 5.91 Å². The van der Waals surface area contributed by atoms with E-state index in [0.29, 0.717) is 85.8 Å². The van der Waals surface area contributed by atoms with Crippen LogP contribution in [0, 0.1) is 5.82 Å². The molecule has 1 aliphatic rings. The number of hydrogen-bond acceptors (Lipinski definition) is 6. The molecular weight excluding hydrogens is 548 g/mol. The summed E-state index contributed by atoms with van der Waals surface area (Å²) >= 11 is 0. The van der Waals surface area contributed by atoms with E-state index in [4.69, 9.17) is 14.2 Å². The molecule has 0 saturated carbocycles. The van der Waals surface area contributed by atoms with Crippen molar-refractivity contribution in [3.05, 3.63) is 59.2 Å². The average Bonchev–Trinajstić information content (AvgIpc) is 3.34. The van der Waals surface area contributed by atoms with Gasteiger partial charge in [0.15, 0.2) is 0 Å². The molecular formula is C28H32F4N4O5. The van der Waals surface area contributed by atoms with Crippen molar-refractivity contribution in [1.29, 1.82) is 0 Å². The molecule has 0 radical (unpaired) electrons. The van der Waals surface area contributed by atoms with E-state index in [9.17, 15) is 27.2 Å². The molecule has 1 aliphatic heterocycles. The van der Waals surface area contributed by atoms with Crippen LogP contribution >= 0.6 is 0 Å². The molecule has 1 N–H and O–H groups in total. The first-order chi connectivity index (χ1) is 19.6. The molecule has 2 amide bonds. The summed E-state index contributed by atoms with van der Waals surface area (Å²) in [6.07, 6.45) is -0.706. The fourth-order valence-corrected chi connectivity index (χ4v) is 4.95. The summed E-state index contributed by atoms with van der Waals surface area (Å²) in [5.41, 5.74) is 1.88. The highest BCUT2D eigenvalue weighted by Crippen LogP contribution is 2.33. The van der Waals surface area contributed by atoms with Crippen molar-refractivity contribution < 1.29 is 41.4 Å². The molecule has 2 aromatic heterocycles. The van der Waals surface area contributed by atoms with E-state index in [0.717, 1.165) is 0 Å². The molecule has 1 fully saturated rings. The van der Waals surface area contributed by atoms with E-state index in [1.807, 2.05) is 9.88 Å². The Morgan fingerprint density at radius 1 is 1.07 bits per heavy atom. The van der Waals surface area contributed by atoms with E-state index in [1.165, 1.54) is 18.2 Å². The zero-order valence-electron chi connectivity index (χ0n) is 22.8. The number of amides is 2. The van der Waals surface area contributed by atoms with Crippen LogP contribution in [-0.2, 0) is 27.4 Å².